The van der Waals surface area contributed by atoms with Crippen molar-refractivity contribution in [2.45, 2.75) is 38.3 Å². The van der Waals surface area contributed by atoms with E-state index in [2.05, 4.69) is 0 Å². The molecule has 92 valence electrons. The van der Waals surface area contributed by atoms with E-state index in [1.54, 1.807) is 4.90 Å². The minimum atomic E-state index is -0.563. The Balaban J connectivity index is 1.84. The van der Waals surface area contributed by atoms with Crippen LogP contribution in [0.25, 0.3) is 0 Å². The summed E-state index contributed by atoms with van der Waals surface area (Å²) in [4.78, 5) is 13.6. The van der Waals surface area contributed by atoms with E-state index in [1.165, 1.54) is 5.56 Å². The van der Waals surface area contributed by atoms with E-state index < -0.39 is 6.23 Å². The van der Waals surface area contributed by atoms with Crippen LogP contribution in [0.5, 0.6) is 0 Å². The number of aliphatic hydroxyl groups is 1. The molecule has 0 saturated carbocycles. The largest absolute Gasteiger partial charge is 0.374 e. The van der Waals surface area contributed by atoms with Crippen LogP contribution in [0.1, 0.15) is 31.2 Å². The minimum Gasteiger partial charge on any atom is -0.374 e. The molecule has 1 saturated heterocycles. The minimum absolute atomic E-state index is 0.0704. The molecule has 1 aromatic carbocycles. The predicted molar refractivity (Wildman–Crippen MR) is 66.3 cm³/mol. The first-order valence-electron chi connectivity index (χ1n) is 6.29. The van der Waals surface area contributed by atoms with Gasteiger partial charge in [-0.3, -0.25) is 4.79 Å². The van der Waals surface area contributed by atoms with Crippen molar-refractivity contribution in [2.24, 2.45) is 0 Å². The van der Waals surface area contributed by atoms with Crippen molar-refractivity contribution in [2.75, 3.05) is 6.54 Å². The fourth-order valence-electron chi connectivity index (χ4n) is 2.24. The highest BCUT2D eigenvalue weighted by Gasteiger charge is 2.23. The second kappa shape index (κ2) is 5.82. The van der Waals surface area contributed by atoms with Gasteiger partial charge in [-0.1, -0.05) is 30.3 Å². The average molecular weight is 233 g/mol. The first-order chi connectivity index (χ1) is 8.27. The highest BCUT2D eigenvalue weighted by atomic mass is 16.3. The second-order valence-electron chi connectivity index (χ2n) is 4.55. The molecule has 0 bridgehead atoms. The number of carbonyl (C=O) groups is 1. The molecule has 1 unspecified atom stereocenters. The SMILES string of the molecule is O=C(CCc1ccccc1)N1CCCCC1O. The highest BCUT2D eigenvalue weighted by Crippen LogP contribution is 2.16. The molecule has 0 aromatic heterocycles. The summed E-state index contributed by atoms with van der Waals surface area (Å²) < 4.78 is 0. The van der Waals surface area contributed by atoms with Crippen molar-refractivity contribution < 1.29 is 9.90 Å². The quantitative estimate of drug-likeness (QED) is 0.867. The molecular formula is C14H19NO2. The van der Waals surface area contributed by atoms with Crippen LogP contribution in [0.2, 0.25) is 0 Å². The van der Waals surface area contributed by atoms with Crippen LogP contribution in [0.4, 0.5) is 0 Å². The van der Waals surface area contributed by atoms with E-state index in [0.29, 0.717) is 13.0 Å². The van der Waals surface area contributed by atoms with Crippen molar-refractivity contribution in [3.8, 4) is 0 Å². The first-order valence-corrected chi connectivity index (χ1v) is 6.29. The molecule has 0 radical (unpaired) electrons. The summed E-state index contributed by atoms with van der Waals surface area (Å²) in [6.45, 7) is 0.703. The summed E-state index contributed by atoms with van der Waals surface area (Å²) in [6, 6.07) is 9.99. The molecule has 1 atom stereocenters. The summed E-state index contributed by atoms with van der Waals surface area (Å²) in [5.41, 5.74) is 1.17. The molecule has 1 N–H and O–H groups in total. The van der Waals surface area contributed by atoms with Crippen molar-refractivity contribution in [3.05, 3.63) is 35.9 Å². The molecule has 2 rings (SSSR count). The van der Waals surface area contributed by atoms with E-state index in [4.69, 9.17) is 0 Å². The Bertz CT molecular complexity index is 364. The van der Waals surface area contributed by atoms with E-state index in [9.17, 15) is 9.90 Å². The number of likely N-dealkylation sites (tertiary alicyclic amines) is 1. The Morgan fingerprint density at radius 2 is 2.06 bits per heavy atom. The van der Waals surface area contributed by atoms with Crippen LogP contribution in [-0.2, 0) is 11.2 Å². The molecule has 3 heteroatoms. The van der Waals surface area contributed by atoms with Crippen molar-refractivity contribution in [1.82, 2.24) is 4.90 Å². The Kier molecular flexibility index (Phi) is 4.15. The number of piperidine rings is 1. The smallest absolute Gasteiger partial charge is 0.224 e. The third-order valence-corrected chi connectivity index (χ3v) is 3.26. The maximum atomic E-state index is 11.9. The van der Waals surface area contributed by atoms with Gasteiger partial charge in [0.05, 0.1) is 0 Å². The van der Waals surface area contributed by atoms with Gasteiger partial charge in [-0.05, 0) is 31.2 Å². The highest BCUT2D eigenvalue weighted by molar-refractivity contribution is 5.76. The maximum absolute atomic E-state index is 11.9. The zero-order valence-corrected chi connectivity index (χ0v) is 10.0. The van der Waals surface area contributed by atoms with Gasteiger partial charge in [-0.15, -0.1) is 0 Å². The number of hydrogen-bond donors (Lipinski definition) is 1. The van der Waals surface area contributed by atoms with Crippen LogP contribution in [0.3, 0.4) is 0 Å². The third-order valence-electron chi connectivity index (χ3n) is 3.26. The van der Waals surface area contributed by atoms with Crippen LogP contribution in [-0.4, -0.2) is 28.7 Å². The molecule has 1 aliphatic rings. The molecular weight excluding hydrogens is 214 g/mol. The lowest BCUT2D eigenvalue weighted by atomic mass is 10.1. The van der Waals surface area contributed by atoms with E-state index in [1.807, 2.05) is 30.3 Å². The van der Waals surface area contributed by atoms with Crippen molar-refractivity contribution in [3.63, 3.8) is 0 Å². The monoisotopic (exact) mass is 233 g/mol. The summed E-state index contributed by atoms with van der Waals surface area (Å²) >= 11 is 0. The number of rotatable bonds is 3. The van der Waals surface area contributed by atoms with Gasteiger partial charge in [0.1, 0.15) is 6.23 Å². The van der Waals surface area contributed by atoms with Crippen LogP contribution < -0.4 is 0 Å². The van der Waals surface area contributed by atoms with Gasteiger partial charge in [-0.2, -0.15) is 0 Å². The molecule has 3 nitrogen and oxygen atoms in total. The Hall–Kier alpha value is -1.35. The number of hydrogen-bond acceptors (Lipinski definition) is 2. The summed E-state index contributed by atoms with van der Waals surface area (Å²) in [6.07, 6.45) is 3.42. The van der Waals surface area contributed by atoms with Gasteiger partial charge in [0, 0.05) is 13.0 Å². The fraction of sp³-hybridized carbons (Fsp3) is 0.500. The van der Waals surface area contributed by atoms with E-state index >= 15 is 0 Å². The number of amides is 1. The van der Waals surface area contributed by atoms with Gasteiger partial charge in [0.15, 0.2) is 0 Å². The maximum Gasteiger partial charge on any atom is 0.224 e. The molecule has 1 fully saturated rings. The number of aryl methyl sites for hydroxylation is 1. The summed E-state index contributed by atoms with van der Waals surface area (Å²) in [7, 11) is 0. The van der Waals surface area contributed by atoms with Gasteiger partial charge < -0.3 is 10.0 Å². The van der Waals surface area contributed by atoms with Gasteiger partial charge in [0.25, 0.3) is 0 Å². The van der Waals surface area contributed by atoms with Crippen LogP contribution in [0.15, 0.2) is 30.3 Å². The zero-order chi connectivity index (χ0) is 12.1. The number of benzene rings is 1. The van der Waals surface area contributed by atoms with Crippen molar-refractivity contribution >= 4 is 5.91 Å². The van der Waals surface area contributed by atoms with Gasteiger partial charge >= 0.3 is 0 Å². The average Bonchev–Trinajstić information content (AvgIpc) is 2.38. The van der Waals surface area contributed by atoms with Crippen molar-refractivity contribution in [1.29, 1.82) is 0 Å². The van der Waals surface area contributed by atoms with E-state index in [0.717, 1.165) is 25.7 Å². The van der Waals surface area contributed by atoms with Crippen LogP contribution >= 0.6 is 0 Å². The molecule has 17 heavy (non-hydrogen) atoms. The molecule has 1 amide bonds. The molecule has 1 heterocycles. The molecule has 1 aliphatic heterocycles. The van der Waals surface area contributed by atoms with Crippen LogP contribution in [0, 0.1) is 0 Å². The Morgan fingerprint density at radius 3 is 2.76 bits per heavy atom. The standard InChI is InChI=1S/C14H19NO2/c16-13-8-4-5-11-15(13)14(17)10-9-12-6-2-1-3-7-12/h1-3,6-7,13,16H,4-5,8-11H2. The third kappa shape index (κ3) is 3.30. The molecule has 0 aliphatic carbocycles. The Labute approximate surface area is 102 Å². The van der Waals surface area contributed by atoms with Gasteiger partial charge in [0.2, 0.25) is 5.91 Å². The summed E-state index contributed by atoms with van der Waals surface area (Å²) in [5, 5.41) is 9.74. The lowest BCUT2D eigenvalue weighted by Gasteiger charge is -2.32. The first kappa shape index (κ1) is 12.1. The molecule has 0 spiro atoms. The number of carbonyl (C=O) groups excluding carboxylic acids is 1. The summed E-state index contributed by atoms with van der Waals surface area (Å²) in [5.74, 6) is 0.0704. The lowest BCUT2D eigenvalue weighted by Crippen LogP contribution is -2.43. The lowest BCUT2D eigenvalue weighted by molar-refractivity contribution is -0.144. The topological polar surface area (TPSA) is 40.5 Å². The fourth-order valence-corrected chi connectivity index (χ4v) is 2.24. The van der Waals surface area contributed by atoms with E-state index in [-0.39, 0.29) is 5.91 Å². The number of aliphatic hydroxyl groups excluding tert-OH is 1. The predicted octanol–water partition coefficient (Wildman–Crippen LogP) is 1.95. The number of nitrogens with zero attached hydrogens (tertiary/aromatic N) is 1. The zero-order valence-electron chi connectivity index (χ0n) is 10.0. The van der Waals surface area contributed by atoms with Gasteiger partial charge in [-0.25, -0.2) is 0 Å². The normalized spacial score (nSPS) is 20.3. The Morgan fingerprint density at radius 1 is 1.29 bits per heavy atom. The molecule has 1 aromatic rings. The second-order valence-corrected chi connectivity index (χ2v) is 4.55.